The predicted molar refractivity (Wildman–Crippen MR) is 112 cm³/mol. The van der Waals surface area contributed by atoms with E-state index in [0.29, 0.717) is 19.4 Å². The number of nitrogens with one attached hydrogen (secondary N) is 1. The molecule has 6 nitrogen and oxygen atoms in total. The van der Waals surface area contributed by atoms with Crippen LogP contribution in [0.25, 0.3) is 0 Å². The molecule has 2 N–H and O–H groups in total. The first-order valence-corrected chi connectivity index (χ1v) is 9.97. The van der Waals surface area contributed by atoms with Crippen molar-refractivity contribution in [2.24, 2.45) is 0 Å². The van der Waals surface area contributed by atoms with Crippen LogP contribution in [0, 0.1) is 0 Å². The Hall–Kier alpha value is -2.86. The monoisotopic (exact) mass is 398 g/mol. The fourth-order valence-corrected chi connectivity index (χ4v) is 3.03. The van der Waals surface area contributed by atoms with Crippen LogP contribution in [0.2, 0.25) is 0 Å². The lowest BCUT2D eigenvalue weighted by atomic mass is 10.1. The molecule has 2 amide bonds. The fourth-order valence-electron chi connectivity index (χ4n) is 3.03. The highest BCUT2D eigenvalue weighted by Crippen LogP contribution is 2.07. The van der Waals surface area contributed by atoms with Gasteiger partial charge in [0.05, 0.1) is 12.7 Å². The number of nitrogens with zero attached hydrogens (tertiary/aromatic N) is 1. The number of aliphatic hydroxyl groups excluding tert-OH is 1. The van der Waals surface area contributed by atoms with Crippen molar-refractivity contribution in [3.05, 3.63) is 71.8 Å². The molecule has 156 valence electrons. The Labute approximate surface area is 172 Å². The van der Waals surface area contributed by atoms with Gasteiger partial charge < -0.3 is 20.1 Å². The van der Waals surface area contributed by atoms with E-state index in [1.54, 1.807) is 13.8 Å². The third-order valence-corrected chi connectivity index (χ3v) is 4.44. The van der Waals surface area contributed by atoms with Gasteiger partial charge in [-0.25, -0.2) is 9.59 Å². The van der Waals surface area contributed by atoms with Gasteiger partial charge in [-0.15, -0.1) is 0 Å². The molecule has 0 saturated heterocycles. The Morgan fingerprint density at radius 3 is 2.17 bits per heavy atom. The summed E-state index contributed by atoms with van der Waals surface area (Å²) in [6, 6.07) is 18.1. The lowest BCUT2D eigenvalue weighted by molar-refractivity contribution is -0.145. The first-order valence-electron chi connectivity index (χ1n) is 9.97. The minimum Gasteiger partial charge on any atom is -0.464 e. The van der Waals surface area contributed by atoms with Crippen molar-refractivity contribution >= 4 is 12.0 Å². The minimum absolute atomic E-state index is 0.180. The predicted octanol–water partition coefficient (Wildman–Crippen LogP) is 2.80. The number of urea groups is 1. The first-order chi connectivity index (χ1) is 14.0. The minimum atomic E-state index is -0.793. The van der Waals surface area contributed by atoms with Crippen molar-refractivity contribution in [2.75, 3.05) is 19.7 Å². The summed E-state index contributed by atoms with van der Waals surface area (Å²) in [6.45, 7) is 4.22. The number of rotatable bonds is 10. The Morgan fingerprint density at radius 1 is 1.03 bits per heavy atom. The molecular formula is C23H30N2O4. The second-order valence-corrected chi connectivity index (χ2v) is 6.97. The number of hydrogen-bond donors (Lipinski definition) is 2. The van der Waals surface area contributed by atoms with Gasteiger partial charge in [0, 0.05) is 19.5 Å². The van der Waals surface area contributed by atoms with Crippen molar-refractivity contribution < 1.29 is 19.4 Å². The number of amides is 2. The van der Waals surface area contributed by atoms with Gasteiger partial charge in [-0.2, -0.15) is 0 Å². The lowest BCUT2D eigenvalue weighted by Crippen LogP contribution is -2.51. The molecule has 0 radical (unpaired) electrons. The average molecular weight is 399 g/mol. The number of hydrogen-bond acceptors (Lipinski definition) is 4. The largest absolute Gasteiger partial charge is 0.464 e. The van der Waals surface area contributed by atoms with E-state index in [2.05, 4.69) is 5.32 Å². The van der Waals surface area contributed by atoms with E-state index in [-0.39, 0.29) is 13.2 Å². The Balaban J connectivity index is 2.07. The van der Waals surface area contributed by atoms with Crippen molar-refractivity contribution in [3.8, 4) is 0 Å². The molecule has 0 saturated carbocycles. The molecule has 0 bridgehead atoms. The third kappa shape index (κ3) is 7.95. The number of benzene rings is 2. The standard InChI is InChI=1S/C23H30N2O4/c1-3-29-22(27)21(16-20-12-8-5-9-13-20)24-23(28)25(17-18(2)26)15-14-19-10-6-4-7-11-19/h4-13,18,21,26H,3,14-17H2,1-2H3,(H,24,28)/t18?,21-/m0/s1. The SMILES string of the molecule is CCOC(=O)[C@H](Cc1ccccc1)NC(=O)N(CCc1ccccc1)CC(C)O. The van der Waals surface area contributed by atoms with E-state index in [4.69, 9.17) is 4.74 Å². The van der Waals surface area contributed by atoms with Crippen molar-refractivity contribution in [3.63, 3.8) is 0 Å². The van der Waals surface area contributed by atoms with Crippen LogP contribution in [-0.4, -0.2) is 53.8 Å². The van der Waals surface area contributed by atoms with E-state index in [9.17, 15) is 14.7 Å². The van der Waals surface area contributed by atoms with Crippen LogP contribution in [0.4, 0.5) is 4.79 Å². The van der Waals surface area contributed by atoms with Gasteiger partial charge in [0.1, 0.15) is 6.04 Å². The van der Waals surface area contributed by atoms with Gasteiger partial charge in [-0.3, -0.25) is 0 Å². The van der Waals surface area contributed by atoms with E-state index in [1.165, 1.54) is 4.90 Å². The van der Waals surface area contributed by atoms with Crippen LogP contribution in [-0.2, 0) is 22.4 Å². The molecule has 0 fully saturated rings. The maximum absolute atomic E-state index is 12.9. The average Bonchev–Trinajstić information content (AvgIpc) is 2.72. The van der Waals surface area contributed by atoms with Crippen LogP contribution in [0.5, 0.6) is 0 Å². The highest BCUT2D eigenvalue weighted by Gasteiger charge is 2.25. The zero-order valence-corrected chi connectivity index (χ0v) is 17.1. The highest BCUT2D eigenvalue weighted by atomic mass is 16.5. The molecule has 1 unspecified atom stereocenters. The molecular weight excluding hydrogens is 368 g/mol. The zero-order valence-electron chi connectivity index (χ0n) is 17.1. The normalized spacial score (nSPS) is 12.7. The van der Waals surface area contributed by atoms with Gasteiger partial charge in [0.15, 0.2) is 0 Å². The van der Waals surface area contributed by atoms with Crippen LogP contribution in [0.15, 0.2) is 60.7 Å². The molecule has 2 atom stereocenters. The molecule has 2 aromatic rings. The summed E-state index contributed by atoms with van der Waals surface area (Å²) in [6.07, 6.45) is 0.322. The quantitative estimate of drug-likeness (QED) is 0.603. The molecule has 0 aliphatic carbocycles. The van der Waals surface area contributed by atoms with Crippen molar-refractivity contribution in [1.29, 1.82) is 0 Å². The summed E-state index contributed by atoms with van der Waals surface area (Å²) < 4.78 is 5.15. The van der Waals surface area contributed by atoms with Gasteiger partial charge in [-0.05, 0) is 31.4 Å². The van der Waals surface area contributed by atoms with Crippen molar-refractivity contribution in [2.45, 2.75) is 38.8 Å². The molecule has 2 aromatic carbocycles. The number of carbonyl (C=O) groups is 2. The molecule has 29 heavy (non-hydrogen) atoms. The maximum Gasteiger partial charge on any atom is 0.329 e. The molecule has 0 aliphatic rings. The van der Waals surface area contributed by atoms with E-state index < -0.39 is 24.1 Å². The number of carbonyl (C=O) groups excluding carboxylic acids is 2. The van der Waals surface area contributed by atoms with Gasteiger partial charge >= 0.3 is 12.0 Å². The van der Waals surface area contributed by atoms with Gasteiger partial charge in [0.2, 0.25) is 0 Å². The molecule has 0 spiro atoms. The van der Waals surface area contributed by atoms with E-state index >= 15 is 0 Å². The molecule has 0 aliphatic heterocycles. The van der Waals surface area contributed by atoms with Crippen molar-refractivity contribution in [1.82, 2.24) is 10.2 Å². The molecule has 0 aromatic heterocycles. The number of ether oxygens (including phenoxy) is 1. The summed E-state index contributed by atoms with van der Waals surface area (Å²) >= 11 is 0. The Kier molecular flexibility index (Phi) is 9.18. The Morgan fingerprint density at radius 2 is 1.62 bits per heavy atom. The third-order valence-electron chi connectivity index (χ3n) is 4.44. The van der Waals surface area contributed by atoms with E-state index in [1.807, 2.05) is 60.7 Å². The fraction of sp³-hybridized carbons (Fsp3) is 0.391. The summed E-state index contributed by atoms with van der Waals surface area (Å²) in [5, 5.41) is 12.6. The summed E-state index contributed by atoms with van der Waals surface area (Å²) in [4.78, 5) is 26.8. The second kappa shape index (κ2) is 11.9. The summed E-state index contributed by atoms with van der Waals surface area (Å²) in [5.74, 6) is -0.468. The highest BCUT2D eigenvalue weighted by molar-refractivity contribution is 5.84. The topological polar surface area (TPSA) is 78.9 Å². The summed E-state index contributed by atoms with van der Waals surface area (Å²) in [5.41, 5.74) is 2.03. The van der Waals surface area contributed by atoms with Crippen LogP contribution in [0.1, 0.15) is 25.0 Å². The second-order valence-electron chi connectivity index (χ2n) is 6.97. The lowest BCUT2D eigenvalue weighted by Gasteiger charge is -2.27. The van der Waals surface area contributed by atoms with Crippen LogP contribution >= 0.6 is 0 Å². The zero-order chi connectivity index (χ0) is 21.1. The molecule has 6 heteroatoms. The molecule has 2 rings (SSSR count). The van der Waals surface area contributed by atoms with Gasteiger partial charge in [0.25, 0.3) is 0 Å². The first kappa shape index (κ1) is 22.4. The van der Waals surface area contributed by atoms with Crippen LogP contribution in [0.3, 0.4) is 0 Å². The number of aliphatic hydroxyl groups is 1. The molecule has 0 heterocycles. The van der Waals surface area contributed by atoms with E-state index in [0.717, 1.165) is 11.1 Å². The van der Waals surface area contributed by atoms with Crippen LogP contribution < -0.4 is 5.32 Å². The Bertz CT molecular complexity index is 750. The van der Waals surface area contributed by atoms with Gasteiger partial charge in [-0.1, -0.05) is 60.7 Å². The summed E-state index contributed by atoms with van der Waals surface area (Å²) in [7, 11) is 0. The number of esters is 1. The smallest absolute Gasteiger partial charge is 0.329 e. The maximum atomic E-state index is 12.9.